The summed E-state index contributed by atoms with van der Waals surface area (Å²) < 4.78 is 10.6. The summed E-state index contributed by atoms with van der Waals surface area (Å²) in [5, 5.41) is 12.3. The molecule has 3 aromatic rings. The Morgan fingerprint density at radius 1 is 1.28 bits per heavy atom. The fraction of sp³-hybridized carbons (Fsp3) is 0.375. The first-order valence-electron chi connectivity index (χ1n) is 7.59. The lowest BCUT2D eigenvalue weighted by Crippen LogP contribution is -2.11. The fourth-order valence-corrected chi connectivity index (χ4v) is 2.86. The predicted molar refractivity (Wildman–Crippen MR) is 95.9 cm³/mol. The molecule has 0 atom stereocenters. The van der Waals surface area contributed by atoms with Crippen LogP contribution in [0.4, 0.5) is 0 Å². The van der Waals surface area contributed by atoms with Gasteiger partial charge in [-0.2, -0.15) is 4.98 Å². The second kappa shape index (κ2) is 7.05. The van der Waals surface area contributed by atoms with E-state index in [4.69, 9.17) is 20.9 Å². The number of methoxy groups -OCH3 is 1. The van der Waals surface area contributed by atoms with Crippen LogP contribution >= 0.6 is 23.4 Å². The molecule has 1 aromatic carbocycles. The molecule has 0 saturated carbocycles. The highest BCUT2D eigenvalue weighted by molar-refractivity contribution is 7.98. The number of aromatic amines is 1. The van der Waals surface area contributed by atoms with Gasteiger partial charge in [0, 0.05) is 10.4 Å². The Balaban J connectivity index is 1.72. The maximum Gasteiger partial charge on any atom is 0.232 e. The number of aromatic nitrogens is 5. The van der Waals surface area contributed by atoms with E-state index in [1.54, 1.807) is 25.3 Å². The number of halogens is 1. The van der Waals surface area contributed by atoms with Crippen molar-refractivity contribution in [3.8, 4) is 17.1 Å². The third-order valence-corrected chi connectivity index (χ3v) is 4.40. The van der Waals surface area contributed by atoms with Gasteiger partial charge in [-0.15, -0.1) is 5.10 Å². The van der Waals surface area contributed by atoms with Crippen LogP contribution in [0.2, 0.25) is 5.02 Å². The van der Waals surface area contributed by atoms with Crippen LogP contribution in [-0.2, 0) is 11.2 Å². The lowest BCUT2D eigenvalue weighted by atomic mass is 9.97. The highest BCUT2D eigenvalue weighted by Crippen LogP contribution is 2.31. The van der Waals surface area contributed by atoms with Gasteiger partial charge in [-0.3, -0.25) is 5.10 Å². The third-order valence-electron chi connectivity index (χ3n) is 3.32. The summed E-state index contributed by atoms with van der Waals surface area (Å²) >= 11 is 7.48. The number of thioether (sulfide) groups is 1. The standard InChI is InChI=1S/C16H18ClN5O2S/c1-16(2,3)14-18-12(22-24-14)8-25-15-19-13(20-21-15)10-7-9(17)5-6-11(10)23-4/h5-7H,8H2,1-4H3,(H,19,20,21). The summed E-state index contributed by atoms with van der Waals surface area (Å²) in [6, 6.07) is 5.34. The monoisotopic (exact) mass is 379 g/mol. The van der Waals surface area contributed by atoms with Crippen molar-refractivity contribution in [1.29, 1.82) is 0 Å². The van der Waals surface area contributed by atoms with Crippen molar-refractivity contribution in [1.82, 2.24) is 25.3 Å². The molecule has 0 aliphatic heterocycles. The number of hydrogen-bond acceptors (Lipinski definition) is 7. The zero-order valence-corrected chi connectivity index (χ0v) is 15.9. The van der Waals surface area contributed by atoms with Gasteiger partial charge in [0.2, 0.25) is 11.0 Å². The van der Waals surface area contributed by atoms with E-state index < -0.39 is 0 Å². The molecule has 7 nitrogen and oxygen atoms in total. The SMILES string of the molecule is COc1ccc(Cl)cc1-c1nc(SCc2noc(C(C)(C)C)n2)n[nH]1. The van der Waals surface area contributed by atoms with Gasteiger partial charge < -0.3 is 9.26 Å². The Morgan fingerprint density at radius 2 is 2.08 bits per heavy atom. The number of nitrogens with zero attached hydrogens (tertiary/aromatic N) is 4. The molecule has 1 N–H and O–H groups in total. The summed E-state index contributed by atoms with van der Waals surface area (Å²) in [5.41, 5.74) is 0.584. The molecule has 0 radical (unpaired) electrons. The van der Waals surface area contributed by atoms with E-state index in [0.29, 0.717) is 39.2 Å². The van der Waals surface area contributed by atoms with Crippen molar-refractivity contribution in [2.75, 3.05) is 7.11 Å². The number of nitrogens with one attached hydrogen (secondary N) is 1. The minimum Gasteiger partial charge on any atom is -0.496 e. The van der Waals surface area contributed by atoms with Crippen LogP contribution < -0.4 is 4.74 Å². The second-order valence-corrected chi connectivity index (χ2v) is 7.74. The van der Waals surface area contributed by atoms with Gasteiger partial charge in [0.25, 0.3) is 0 Å². The van der Waals surface area contributed by atoms with Crippen molar-refractivity contribution in [3.63, 3.8) is 0 Å². The Labute approximate surface area is 154 Å². The van der Waals surface area contributed by atoms with E-state index in [9.17, 15) is 0 Å². The van der Waals surface area contributed by atoms with E-state index >= 15 is 0 Å². The summed E-state index contributed by atoms with van der Waals surface area (Å²) in [6.07, 6.45) is 0. The molecule has 2 heterocycles. The third kappa shape index (κ3) is 4.13. The van der Waals surface area contributed by atoms with Crippen molar-refractivity contribution in [2.45, 2.75) is 37.1 Å². The number of hydrogen-bond donors (Lipinski definition) is 1. The minimum absolute atomic E-state index is 0.170. The first-order chi connectivity index (χ1) is 11.9. The predicted octanol–water partition coefficient (Wildman–Crippen LogP) is 4.11. The molecular weight excluding hydrogens is 362 g/mol. The van der Waals surface area contributed by atoms with Gasteiger partial charge in [-0.1, -0.05) is 49.3 Å². The van der Waals surface area contributed by atoms with Gasteiger partial charge in [0.1, 0.15) is 5.75 Å². The molecule has 3 rings (SSSR count). The minimum atomic E-state index is -0.170. The summed E-state index contributed by atoms with van der Waals surface area (Å²) in [4.78, 5) is 8.87. The van der Waals surface area contributed by atoms with E-state index in [1.807, 2.05) is 20.8 Å². The summed E-state index contributed by atoms with van der Waals surface area (Å²) in [6.45, 7) is 6.08. The fourth-order valence-electron chi connectivity index (χ4n) is 2.04. The van der Waals surface area contributed by atoms with Crippen LogP contribution in [0.15, 0.2) is 27.9 Å². The molecule has 0 amide bonds. The maximum atomic E-state index is 6.06. The highest BCUT2D eigenvalue weighted by Gasteiger charge is 2.22. The normalized spacial score (nSPS) is 11.7. The Hall–Kier alpha value is -2.06. The molecule has 0 fully saturated rings. The topological polar surface area (TPSA) is 89.7 Å². The average molecular weight is 380 g/mol. The van der Waals surface area contributed by atoms with E-state index in [-0.39, 0.29) is 5.41 Å². The van der Waals surface area contributed by atoms with Crippen LogP contribution in [-0.4, -0.2) is 32.4 Å². The van der Waals surface area contributed by atoms with Gasteiger partial charge in [0.15, 0.2) is 11.6 Å². The Bertz CT molecular complexity index is 872. The van der Waals surface area contributed by atoms with E-state index in [2.05, 4.69) is 25.3 Å². The number of benzene rings is 1. The van der Waals surface area contributed by atoms with Crippen LogP contribution in [0, 0.1) is 0 Å². The van der Waals surface area contributed by atoms with Crippen LogP contribution in [0.3, 0.4) is 0 Å². The smallest absolute Gasteiger partial charge is 0.232 e. The summed E-state index contributed by atoms with van der Waals surface area (Å²) in [7, 11) is 1.60. The van der Waals surface area contributed by atoms with Crippen molar-refractivity contribution in [3.05, 3.63) is 34.9 Å². The second-order valence-electron chi connectivity index (χ2n) is 6.37. The molecular formula is C16H18ClN5O2S. The molecule has 9 heteroatoms. The Kier molecular flexibility index (Phi) is 5.01. The molecule has 25 heavy (non-hydrogen) atoms. The largest absolute Gasteiger partial charge is 0.496 e. The average Bonchev–Trinajstić information content (AvgIpc) is 3.22. The van der Waals surface area contributed by atoms with Crippen LogP contribution in [0.1, 0.15) is 32.5 Å². The van der Waals surface area contributed by atoms with Gasteiger partial charge in [-0.25, -0.2) is 4.98 Å². The van der Waals surface area contributed by atoms with Crippen molar-refractivity contribution >= 4 is 23.4 Å². The molecule has 0 aliphatic rings. The summed E-state index contributed by atoms with van der Waals surface area (Å²) in [5.74, 6) is 3.00. The van der Waals surface area contributed by atoms with E-state index in [1.165, 1.54) is 11.8 Å². The Morgan fingerprint density at radius 3 is 2.76 bits per heavy atom. The van der Waals surface area contributed by atoms with Crippen LogP contribution in [0.5, 0.6) is 5.75 Å². The molecule has 0 saturated heterocycles. The lowest BCUT2D eigenvalue weighted by molar-refractivity contribution is 0.319. The van der Waals surface area contributed by atoms with Gasteiger partial charge in [-0.05, 0) is 18.2 Å². The zero-order chi connectivity index (χ0) is 18.0. The molecule has 0 bridgehead atoms. The first kappa shape index (κ1) is 17.8. The van der Waals surface area contributed by atoms with Crippen LogP contribution in [0.25, 0.3) is 11.4 Å². The zero-order valence-electron chi connectivity index (χ0n) is 14.3. The van der Waals surface area contributed by atoms with E-state index in [0.717, 1.165) is 5.56 Å². The number of H-pyrrole nitrogens is 1. The number of rotatable bonds is 5. The first-order valence-corrected chi connectivity index (χ1v) is 8.95. The quantitative estimate of drug-likeness (QED) is 0.667. The molecule has 2 aromatic heterocycles. The molecule has 0 spiro atoms. The lowest BCUT2D eigenvalue weighted by Gasteiger charge is -2.10. The maximum absolute atomic E-state index is 6.06. The van der Waals surface area contributed by atoms with Crippen molar-refractivity contribution in [2.24, 2.45) is 0 Å². The highest BCUT2D eigenvalue weighted by atomic mass is 35.5. The number of ether oxygens (including phenoxy) is 1. The van der Waals surface area contributed by atoms with Gasteiger partial charge in [0.05, 0.1) is 18.4 Å². The molecule has 0 aliphatic carbocycles. The van der Waals surface area contributed by atoms with Crippen molar-refractivity contribution < 1.29 is 9.26 Å². The molecule has 0 unspecified atom stereocenters. The molecule has 132 valence electrons. The van der Waals surface area contributed by atoms with Gasteiger partial charge >= 0.3 is 0 Å².